The van der Waals surface area contributed by atoms with Crippen molar-refractivity contribution in [2.75, 3.05) is 0 Å². The van der Waals surface area contributed by atoms with Gasteiger partial charge in [-0.15, -0.1) is 0 Å². The highest BCUT2D eigenvalue weighted by Crippen LogP contribution is 2.35. The monoisotopic (exact) mass is 378 g/mol. The Bertz CT molecular complexity index is 1110. The number of aromatic nitrogens is 1. The largest absolute Gasteiger partial charge is 0.252 e. The van der Waals surface area contributed by atoms with Crippen molar-refractivity contribution in [1.29, 1.82) is 0 Å². The lowest BCUT2D eigenvalue weighted by atomic mass is 9.98. The Morgan fingerprint density at radius 2 is 1.48 bits per heavy atom. The third kappa shape index (κ3) is 3.07. The normalized spacial score (nSPS) is 14.3. The van der Waals surface area contributed by atoms with Gasteiger partial charge in [-0.05, 0) is 49.6 Å². The van der Waals surface area contributed by atoms with Crippen molar-refractivity contribution >= 4 is 10.0 Å². The van der Waals surface area contributed by atoms with Gasteiger partial charge >= 0.3 is 0 Å². The van der Waals surface area contributed by atoms with Crippen LogP contribution >= 0.6 is 0 Å². The minimum atomic E-state index is -3.53. The zero-order chi connectivity index (χ0) is 19.2. The van der Waals surface area contributed by atoms with Crippen LogP contribution in [-0.4, -0.2) is 17.7 Å². The van der Waals surface area contributed by atoms with Crippen LogP contribution in [-0.2, 0) is 23.1 Å². The Labute approximate surface area is 160 Å². The van der Waals surface area contributed by atoms with E-state index in [-0.39, 0.29) is 0 Å². The molecule has 0 atom stereocenters. The van der Waals surface area contributed by atoms with Crippen molar-refractivity contribution in [3.05, 3.63) is 82.5 Å². The summed E-state index contributed by atoms with van der Waals surface area (Å²) in [4.78, 5) is 5.13. The molecule has 0 spiro atoms. The SMILES string of the molecule is Cc1ccc(S(=O)(=O)N2Cc3c(C)nc(-c4ccccc4)c(C)c3C2)cc1. The number of nitrogens with zero attached hydrogens (tertiary/aromatic N) is 2. The fraction of sp³-hybridized carbons (Fsp3) is 0.227. The summed E-state index contributed by atoms with van der Waals surface area (Å²) in [7, 11) is -3.53. The quantitative estimate of drug-likeness (QED) is 0.680. The van der Waals surface area contributed by atoms with Gasteiger partial charge in [0.15, 0.2) is 0 Å². The number of sulfonamides is 1. The van der Waals surface area contributed by atoms with Crippen LogP contribution in [0.4, 0.5) is 0 Å². The zero-order valence-electron chi connectivity index (χ0n) is 15.7. The first-order chi connectivity index (χ1) is 12.9. The molecule has 0 radical (unpaired) electrons. The van der Waals surface area contributed by atoms with E-state index in [1.54, 1.807) is 16.4 Å². The molecule has 0 saturated carbocycles. The molecule has 138 valence electrons. The summed E-state index contributed by atoms with van der Waals surface area (Å²) in [5.41, 5.74) is 7.10. The standard InChI is InChI=1S/C22H22N2O2S/c1-15-9-11-19(12-10-15)27(25,26)24-13-20-16(2)22(18-7-5-4-6-8-18)23-17(3)21(20)14-24/h4-12H,13-14H2,1-3H3. The first kappa shape index (κ1) is 17.9. The predicted octanol–water partition coefficient (Wildman–Crippen LogP) is 4.38. The maximum Gasteiger partial charge on any atom is 0.243 e. The molecule has 0 aliphatic carbocycles. The number of hydrogen-bond acceptors (Lipinski definition) is 3. The van der Waals surface area contributed by atoms with Crippen molar-refractivity contribution in [1.82, 2.24) is 9.29 Å². The van der Waals surface area contributed by atoms with Gasteiger partial charge in [0.2, 0.25) is 10.0 Å². The van der Waals surface area contributed by atoms with Crippen LogP contribution < -0.4 is 0 Å². The molecule has 1 aromatic heterocycles. The van der Waals surface area contributed by atoms with E-state index in [0.717, 1.165) is 39.2 Å². The second kappa shape index (κ2) is 6.59. The van der Waals surface area contributed by atoms with E-state index in [1.165, 1.54) is 0 Å². The van der Waals surface area contributed by atoms with Gasteiger partial charge in [0, 0.05) is 24.3 Å². The average Bonchev–Trinajstić information content (AvgIpc) is 3.13. The van der Waals surface area contributed by atoms with E-state index >= 15 is 0 Å². The molecule has 1 aliphatic rings. The van der Waals surface area contributed by atoms with E-state index in [9.17, 15) is 8.42 Å². The molecule has 0 unspecified atom stereocenters. The second-order valence-electron chi connectivity index (χ2n) is 7.08. The Balaban J connectivity index is 1.74. The summed E-state index contributed by atoms with van der Waals surface area (Å²) in [6.45, 7) is 6.72. The van der Waals surface area contributed by atoms with Crippen molar-refractivity contribution in [3.8, 4) is 11.3 Å². The molecular weight excluding hydrogens is 356 g/mol. The Hall–Kier alpha value is -2.50. The number of rotatable bonds is 3. The van der Waals surface area contributed by atoms with Gasteiger partial charge in [0.1, 0.15) is 0 Å². The Morgan fingerprint density at radius 3 is 2.15 bits per heavy atom. The molecule has 0 N–H and O–H groups in total. The smallest absolute Gasteiger partial charge is 0.243 e. The maximum atomic E-state index is 13.1. The van der Waals surface area contributed by atoms with Gasteiger partial charge in [0.25, 0.3) is 0 Å². The Morgan fingerprint density at radius 1 is 0.852 bits per heavy atom. The summed E-state index contributed by atoms with van der Waals surface area (Å²) < 4.78 is 27.7. The van der Waals surface area contributed by atoms with Crippen LogP contribution in [0.5, 0.6) is 0 Å². The fourth-order valence-electron chi connectivity index (χ4n) is 3.65. The van der Waals surface area contributed by atoms with Crippen LogP contribution in [0.25, 0.3) is 11.3 Å². The van der Waals surface area contributed by atoms with Crippen LogP contribution in [0.1, 0.15) is 27.9 Å². The summed E-state index contributed by atoms with van der Waals surface area (Å²) in [5, 5.41) is 0. The number of fused-ring (bicyclic) bond motifs is 1. The highest BCUT2D eigenvalue weighted by Gasteiger charge is 2.33. The van der Waals surface area contributed by atoms with Crippen LogP contribution in [0.2, 0.25) is 0 Å². The lowest BCUT2D eigenvalue weighted by Crippen LogP contribution is -2.25. The summed E-state index contributed by atoms with van der Waals surface area (Å²) in [5.74, 6) is 0. The molecule has 27 heavy (non-hydrogen) atoms. The lowest BCUT2D eigenvalue weighted by Gasteiger charge is -2.16. The van der Waals surface area contributed by atoms with Gasteiger partial charge in [-0.3, -0.25) is 4.98 Å². The molecule has 2 heterocycles. The van der Waals surface area contributed by atoms with Crippen molar-refractivity contribution in [2.24, 2.45) is 0 Å². The zero-order valence-corrected chi connectivity index (χ0v) is 16.5. The fourth-order valence-corrected chi connectivity index (χ4v) is 5.02. The molecule has 0 fully saturated rings. The highest BCUT2D eigenvalue weighted by atomic mass is 32.2. The Kier molecular flexibility index (Phi) is 4.36. The molecule has 2 aromatic carbocycles. The molecular formula is C22H22N2O2S. The number of hydrogen-bond donors (Lipinski definition) is 0. The van der Waals surface area contributed by atoms with Gasteiger partial charge in [-0.25, -0.2) is 8.42 Å². The summed E-state index contributed by atoms with van der Waals surface area (Å²) >= 11 is 0. The average molecular weight is 378 g/mol. The summed E-state index contributed by atoms with van der Waals surface area (Å²) in [6.07, 6.45) is 0. The van der Waals surface area contributed by atoms with Gasteiger partial charge in [0.05, 0.1) is 10.6 Å². The minimum absolute atomic E-state index is 0.340. The second-order valence-corrected chi connectivity index (χ2v) is 9.02. The third-order valence-corrected chi connectivity index (χ3v) is 7.07. The topological polar surface area (TPSA) is 50.3 Å². The van der Waals surface area contributed by atoms with Gasteiger partial charge < -0.3 is 0 Å². The first-order valence-electron chi connectivity index (χ1n) is 8.99. The number of benzene rings is 2. The van der Waals surface area contributed by atoms with E-state index in [2.05, 4.69) is 0 Å². The maximum absolute atomic E-state index is 13.1. The van der Waals surface area contributed by atoms with Crippen molar-refractivity contribution in [3.63, 3.8) is 0 Å². The van der Waals surface area contributed by atoms with E-state index < -0.39 is 10.0 Å². The van der Waals surface area contributed by atoms with Crippen molar-refractivity contribution < 1.29 is 8.42 Å². The van der Waals surface area contributed by atoms with Crippen LogP contribution in [0.15, 0.2) is 59.5 Å². The number of aryl methyl sites for hydroxylation is 2. The summed E-state index contributed by atoms with van der Waals surface area (Å²) in [6, 6.07) is 17.1. The lowest BCUT2D eigenvalue weighted by molar-refractivity contribution is 0.431. The first-order valence-corrected chi connectivity index (χ1v) is 10.4. The molecule has 0 amide bonds. The molecule has 0 saturated heterocycles. The molecule has 1 aliphatic heterocycles. The predicted molar refractivity (Wildman–Crippen MR) is 107 cm³/mol. The van der Waals surface area contributed by atoms with Crippen LogP contribution in [0, 0.1) is 20.8 Å². The van der Waals surface area contributed by atoms with E-state index in [1.807, 2.05) is 63.2 Å². The van der Waals surface area contributed by atoms with Gasteiger partial charge in [-0.2, -0.15) is 4.31 Å². The molecule has 4 nitrogen and oxygen atoms in total. The number of pyridine rings is 1. The molecule has 5 heteroatoms. The molecule has 4 rings (SSSR count). The highest BCUT2D eigenvalue weighted by molar-refractivity contribution is 7.89. The van der Waals surface area contributed by atoms with E-state index in [4.69, 9.17) is 4.98 Å². The van der Waals surface area contributed by atoms with E-state index in [0.29, 0.717) is 18.0 Å². The molecule has 3 aromatic rings. The van der Waals surface area contributed by atoms with Crippen LogP contribution in [0.3, 0.4) is 0 Å². The molecule has 0 bridgehead atoms. The van der Waals surface area contributed by atoms with Gasteiger partial charge in [-0.1, -0.05) is 48.0 Å². The third-order valence-electron chi connectivity index (χ3n) is 5.26. The minimum Gasteiger partial charge on any atom is -0.252 e. The van der Waals surface area contributed by atoms with Crippen molar-refractivity contribution in [2.45, 2.75) is 38.8 Å².